The van der Waals surface area contributed by atoms with Crippen LogP contribution in [0.3, 0.4) is 0 Å². The third-order valence-corrected chi connectivity index (χ3v) is 3.10. The smallest absolute Gasteiger partial charge is 0.306 e. The van der Waals surface area contributed by atoms with Crippen LogP contribution in [0, 0.1) is 0 Å². The number of rotatable bonds is 12. The van der Waals surface area contributed by atoms with Crippen molar-refractivity contribution in [3.63, 3.8) is 0 Å². The second-order valence-corrected chi connectivity index (χ2v) is 6.67. The Balaban J connectivity index is 4.09. The number of hydrogen-bond acceptors (Lipinski definition) is 4. The van der Waals surface area contributed by atoms with Crippen LogP contribution in [0.15, 0.2) is 12.2 Å². The van der Waals surface area contributed by atoms with Crippen LogP contribution < -0.4 is 5.11 Å². The maximum Gasteiger partial charge on any atom is 0.306 e. The third-order valence-electron chi connectivity index (χ3n) is 3.10. The molecule has 0 aromatic rings. The number of carboxylic acids is 1. The maximum absolute atomic E-state index is 11.8. The number of nitrogens with zero attached hydrogens (tertiary/aromatic N) is 1. The fraction of sp³-hybridized carbons (Fsp3) is 0.765. The molecule has 128 valence electrons. The number of carbonyl (C=O) groups is 2. The van der Waals surface area contributed by atoms with Crippen LogP contribution in [0.1, 0.15) is 51.9 Å². The predicted molar refractivity (Wildman–Crippen MR) is 84.9 cm³/mol. The molecule has 5 nitrogen and oxygen atoms in total. The summed E-state index contributed by atoms with van der Waals surface area (Å²) in [5.41, 5.74) is 0. The van der Waals surface area contributed by atoms with Crippen molar-refractivity contribution in [1.29, 1.82) is 0 Å². The predicted octanol–water partition coefficient (Wildman–Crippen LogP) is 1.66. The molecule has 0 aliphatic heterocycles. The fourth-order valence-corrected chi connectivity index (χ4v) is 2.13. The molecule has 0 saturated heterocycles. The zero-order valence-electron chi connectivity index (χ0n) is 14.5. The van der Waals surface area contributed by atoms with Gasteiger partial charge in [0.1, 0.15) is 6.54 Å². The molecule has 0 N–H and O–H groups in total. The normalized spacial score (nSPS) is 13.3. The number of hydrogen-bond donors (Lipinski definition) is 0. The van der Waals surface area contributed by atoms with E-state index < -0.39 is 12.1 Å². The Morgan fingerprint density at radius 3 is 2.32 bits per heavy atom. The Morgan fingerprint density at radius 2 is 1.77 bits per heavy atom. The number of carbonyl (C=O) groups excluding carboxylic acids is 2. The van der Waals surface area contributed by atoms with Crippen LogP contribution in [0.4, 0.5) is 0 Å². The van der Waals surface area contributed by atoms with E-state index in [1.165, 1.54) is 19.3 Å². The summed E-state index contributed by atoms with van der Waals surface area (Å²) in [5.74, 6) is -1.54. The van der Waals surface area contributed by atoms with Gasteiger partial charge in [-0.3, -0.25) is 4.79 Å². The van der Waals surface area contributed by atoms with Gasteiger partial charge < -0.3 is 19.1 Å². The van der Waals surface area contributed by atoms with Gasteiger partial charge in [-0.25, -0.2) is 0 Å². The second-order valence-electron chi connectivity index (χ2n) is 6.67. The van der Waals surface area contributed by atoms with Crippen LogP contribution in [0.5, 0.6) is 0 Å². The van der Waals surface area contributed by atoms with Gasteiger partial charge in [-0.15, -0.1) is 0 Å². The molecular weight excluding hydrogens is 282 g/mol. The van der Waals surface area contributed by atoms with E-state index in [-0.39, 0.29) is 18.8 Å². The molecule has 0 aromatic heterocycles. The third kappa shape index (κ3) is 13.6. The van der Waals surface area contributed by atoms with Gasteiger partial charge in [-0.05, 0) is 19.3 Å². The lowest BCUT2D eigenvalue weighted by Crippen LogP contribution is -2.45. The highest BCUT2D eigenvalue weighted by molar-refractivity contribution is 5.71. The largest absolute Gasteiger partial charge is 0.550 e. The van der Waals surface area contributed by atoms with Gasteiger partial charge in [0.05, 0.1) is 21.1 Å². The van der Waals surface area contributed by atoms with Crippen LogP contribution >= 0.6 is 0 Å². The van der Waals surface area contributed by atoms with Crippen molar-refractivity contribution in [2.45, 2.75) is 58.0 Å². The first kappa shape index (κ1) is 20.6. The summed E-state index contributed by atoms with van der Waals surface area (Å²) in [7, 11) is 5.78. The first-order valence-corrected chi connectivity index (χ1v) is 8.09. The minimum Gasteiger partial charge on any atom is -0.550 e. The monoisotopic (exact) mass is 313 g/mol. The van der Waals surface area contributed by atoms with E-state index in [1.54, 1.807) is 0 Å². The van der Waals surface area contributed by atoms with Gasteiger partial charge in [0.2, 0.25) is 0 Å². The van der Waals surface area contributed by atoms with Gasteiger partial charge in [-0.2, -0.15) is 0 Å². The van der Waals surface area contributed by atoms with E-state index in [2.05, 4.69) is 13.0 Å². The number of allylic oxidation sites excluding steroid dienone is 2. The lowest BCUT2D eigenvalue weighted by molar-refractivity contribution is -0.873. The van der Waals surface area contributed by atoms with Gasteiger partial charge in [0, 0.05) is 18.8 Å². The average Bonchev–Trinajstić information content (AvgIpc) is 2.34. The summed E-state index contributed by atoms with van der Waals surface area (Å²) in [6.45, 7) is 2.62. The molecule has 0 saturated carbocycles. The quantitative estimate of drug-likeness (QED) is 0.238. The molecule has 0 aliphatic carbocycles. The molecule has 0 fully saturated rings. The minimum atomic E-state index is -1.19. The van der Waals surface area contributed by atoms with E-state index in [0.29, 0.717) is 17.4 Å². The molecule has 0 amide bonds. The molecule has 22 heavy (non-hydrogen) atoms. The van der Waals surface area contributed by atoms with Crippen molar-refractivity contribution in [3.8, 4) is 0 Å². The van der Waals surface area contributed by atoms with Gasteiger partial charge in [0.25, 0.3) is 0 Å². The Kier molecular flexibility index (Phi) is 10.5. The van der Waals surface area contributed by atoms with Crippen molar-refractivity contribution >= 4 is 11.9 Å². The number of aliphatic carboxylic acids is 1. The Hall–Kier alpha value is -1.36. The molecule has 5 heteroatoms. The summed E-state index contributed by atoms with van der Waals surface area (Å²) in [4.78, 5) is 22.5. The lowest BCUT2D eigenvalue weighted by Gasteiger charge is -2.29. The molecule has 1 unspecified atom stereocenters. The molecule has 0 rings (SSSR count). The molecule has 0 aromatic carbocycles. The number of ether oxygens (including phenoxy) is 1. The van der Waals surface area contributed by atoms with Crippen LogP contribution in [0.25, 0.3) is 0 Å². The van der Waals surface area contributed by atoms with Crippen molar-refractivity contribution < 1.29 is 23.9 Å². The zero-order valence-corrected chi connectivity index (χ0v) is 14.5. The first-order chi connectivity index (χ1) is 10.2. The van der Waals surface area contributed by atoms with E-state index in [0.717, 1.165) is 6.42 Å². The standard InChI is InChI=1S/C17H31NO4/c1-5-6-7-8-9-10-11-12-17(21)22-15(13-16(19)20)14-18(2,3)4/h9-10,15H,5-8,11-14H2,1-4H3. The van der Waals surface area contributed by atoms with Crippen molar-refractivity contribution in [3.05, 3.63) is 12.2 Å². The zero-order chi connectivity index (χ0) is 17.0. The fourth-order valence-electron chi connectivity index (χ4n) is 2.13. The molecule has 0 bridgehead atoms. The molecule has 0 radical (unpaired) electrons. The molecule has 0 heterocycles. The number of esters is 1. The summed E-state index contributed by atoms with van der Waals surface area (Å²) in [6.07, 6.45) is 8.75. The van der Waals surface area contributed by atoms with E-state index in [4.69, 9.17) is 4.74 Å². The van der Waals surface area contributed by atoms with Gasteiger partial charge >= 0.3 is 5.97 Å². The molecule has 0 aliphatic rings. The topological polar surface area (TPSA) is 66.4 Å². The summed E-state index contributed by atoms with van der Waals surface area (Å²) >= 11 is 0. The number of quaternary nitrogens is 1. The van der Waals surface area contributed by atoms with Crippen molar-refractivity contribution in [2.75, 3.05) is 27.7 Å². The van der Waals surface area contributed by atoms with E-state index >= 15 is 0 Å². The summed E-state index contributed by atoms with van der Waals surface area (Å²) in [6, 6.07) is 0. The Labute approximate surface area is 134 Å². The van der Waals surface area contributed by atoms with Crippen LogP contribution in [-0.2, 0) is 14.3 Å². The van der Waals surface area contributed by atoms with E-state index in [9.17, 15) is 14.7 Å². The number of likely N-dealkylation sites (N-methyl/N-ethyl adjacent to an activating group) is 1. The maximum atomic E-state index is 11.8. The summed E-state index contributed by atoms with van der Waals surface area (Å²) in [5, 5.41) is 10.7. The molecular formula is C17H31NO4. The van der Waals surface area contributed by atoms with Crippen molar-refractivity contribution in [2.24, 2.45) is 0 Å². The number of unbranched alkanes of at least 4 members (excludes halogenated alkanes) is 3. The van der Waals surface area contributed by atoms with E-state index in [1.807, 2.05) is 27.2 Å². The summed E-state index contributed by atoms with van der Waals surface area (Å²) < 4.78 is 5.80. The highest BCUT2D eigenvalue weighted by Gasteiger charge is 2.22. The Bertz CT molecular complexity index is 358. The van der Waals surface area contributed by atoms with Gasteiger partial charge in [-0.1, -0.05) is 31.9 Å². The Morgan fingerprint density at radius 1 is 1.14 bits per heavy atom. The second kappa shape index (κ2) is 11.2. The SMILES string of the molecule is CCCCCC=CCCC(=O)OC(CC(=O)[O-])C[N+](C)(C)C. The average molecular weight is 313 g/mol. The minimum absolute atomic E-state index is 0.256. The van der Waals surface area contributed by atoms with Crippen molar-refractivity contribution in [1.82, 2.24) is 0 Å². The van der Waals surface area contributed by atoms with Gasteiger partial charge in [0.15, 0.2) is 6.10 Å². The highest BCUT2D eigenvalue weighted by atomic mass is 16.5. The van der Waals surface area contributed by atoms with Crippen LogP contribution in [-0.4, -0.2) is 50.2 Å². The highest BCUT2D eigenvalue weighted by Crippen LogP contribution is 2.07. The molecule has 1 atom stereocenters. The lowest BCUT2D eigenvalue weighted by atomic mass is 10.2. The molecule has 0 spiro atoms. The number of carboxylic acid groups (broad SMARTS) is 1. The first-order valence-electron chi connectivity index (χ1n) is 8.09. The van der Waals surface area contributed by atoms with Crippen LogP contribution in [0.2, 0.25) is 0 Å².